The molecule has 0 aliphatic carbocycles. The Morgan fingerprint density at radius 1 is 1.38 bits per heavy atom. The molecule has 1 aliphatic heterocycles. The Labute approximate surface area is 153 Å². The molecular weight excluding hydrogens is 334 g/mol. The van der Waals surface area contributed by atoms with Gasteiger partial charge < -0.3 is 20.6 Å². The summed E-state index contributed by atoms with van der Waals surface area (Å²) in [6.45, 7) is 2.03. The predicted molar refractivity (Wildman–Crippen MR) is 99.9 cm³/mol. The molecule has 26 heavy (non-hydrogen) atoms. The molecule has 1 amide bonds. The Morgan fingerprint density at radius 2 is 2.12 bits per heavy atom. The molecule has 0 aromatic carbocycles. The van der Waals surface area contributed by atoms with Crippen molar-refractivity contribution in [3.63, 3.8) is 0 Å². The largest absolute Gasteiger partial charge is 0.481 e. The van der Waals surface area contributed by atoms with Crippen LogP contribution in [-0.2, 0) is 16.0 Å². The maximum Gasteiger partial charge on any atom is 0.308 e. The Morgan fingerprint density at radius 3 is 2.73 bits per heavy atom. The van der Waals surface area contributed by atoms with Crippen LogP contribution in [0.4, 0.5) is 5.82 Å². The molecular formula is C18H27N5O3. The lowest BCUT2D eigenvalue weighted by molar-refractivity contribution is -0.141. The van der Waals surface area contributed by atoms with E-state index in [-0.39, 0.29) is 19.0 Å². The fraction of sp³-hybridized carbons (Fsp3) is 0.556. The van der Waals surface area contributed by atoms with E-state index in [1.807, 2.05) is 4.90 Å². The van der Waals surface area contributed by atoms with E-state index in [1.54, 1.807) is 36.6 Å². The highest BCUT2D eigenvalue weighted by Crippen LogP contribution is 2.11. The number of likely N-dealkylation sites (tertiary alicyclic amines) is 1. The number of likely N-dealkylation sites (N-methyl/N-ethyl adjacent to an activating group) is 1. The minimum atomic E-state index is -0.911. The van der Waals surface area contributed by atoms with E-state index in [4.69, 9.17) is 5.73 Å². The molecule has 1 aromatic rings. The van der Waals surface area contributed by atoms with Crippen LogP contribution in [0.15, 0.2) is 23.3 Å². The van der Waals surface area contributed by atoms with Crippen molar-refractivity contribution in [2.75, 3.05) is 39.0 Å². The molecule has 1 atom stereocenters. The number of piperidine rings is 1. The molecule has 0 saturated carbocycles. The van der Waals surface area contributed by atoms with Crippen LogP contribution in [0.3, 0.4) is 0 Å². The van der Waals surface area contributed by atoms with Crippen molar-refractivity contribution in [2.45, 2.75) is 25.7 Å². The molecule has 8 heteroatoms. The number of aliphatic carboxylic acids is 1. The van der Waals surface area contributed by atoms with Gasteiger partial charge in [-0.1, -0.05) is 6.07 Å². The molecule has 1 aliphatic rings. The first-order valence-electron chi connectivity index (χ1n) is 8.87. The number of hydrogen-bond acceptors (Lipinski definition) is 5. The van der Waals surface area contributed by atoms with Crippen molar-refractivity contribution in [1.29, 1.82) is 0 Å². The number of hydrogen-bond donors (Lipinski definition) is 2. The topological polar surface area (TPSA) is 112 Å². The van der Waals surface area contributed by atoms with Crippen molar-refractivity contribution in [3.8, 4) is 0 Å². The molecule has 0 spiro atoms. The number of carbonyl (C=O) groups is 2. The number of aromatic nitrogens is 1. The first-order chi connectivity index (χ1) is 12.5. The minimum absolute atomic E-state index is 0.0846. The molecule has 0 radical (unpaired) electrons. The van der Waals surface area contributed by atoms with Crippen molar-refractivity contribution < 1.29 is 14.7 Å². The van der Waals surface area contributed by atoms with Gasteiger partial charge in [0.1, 0.15) is 5.82 Å². The number of nitrogen functional groups attached to an aromatic ring is 1. The molecule has 1 unspecified atom stereocenters. The number of carbonyl (C=O) groups excluding carboxylic acids is 1. The smallest absolute Gasteiger partial charge is 0.308 e. The third kappa shape index (κ3) is 6.34. The standard InChI is InChI=1S/C18H27N5O3/c1-22(12-17(24)23-7-3-2-4-8-23)13-20-11-15(18(25)26)9-14-5-6-16(19)21-10-14/h5-6,10,13,15H,2-4,7-9,11-12H2,1H3,(H2,19,21)(H,25,26). The van der Waals surface area contributed by atoms with E-state index in [0.29, 0.717) is 12.2 Å². The molecule has 1 fully saturated rings. The number of nitrogens with zero attached hydrogens (tertiary/aromatic N) is 4. The molecule has 8 nitrogen and oxygen atoms in total. The lowest BCUT2D eigenvalue weighted by Crippen LogP contribution is -2.41. The maximum atomic E-state index is 12.2. The second kappa shape index (κ2) is 9.74. The monoisotopic (exact) mass is 361 g/mol. The molecule has 142 valence electrons. The van der Waals surface area contributed by atoms with Crippen LogP contribution in [0.5, 0.6) is 0 Å². The lowest BCUT2D eigenvalue weighted by atomic mass is 10.0. The number of rotatable bonds is 8. The summed E-state index contributed by atoms with van der Waals surface area (Å²) in [5.74, 6) is -1.08. The first kappa shape index (κ1) is 19.7. The summed E-state index contributed by atoms with van der Waals surface area (Å²) in [6, 6.07) is 3.42. The summed E-state index contributed by atoms with van der Waals surface area (Å²) in [5, 5.41) is 9.38. The summed E-state index contributed by atoms with van der Waals surface area (Å²) in [7, 11) is 1.77. The van der Waals surface area contributed by atoms with E-state index >= 15 is 0 Å². The minimum Gasteiger partial charge on any atom is -0.481 e. The summed E-state index contributed by atoms with van der Waals surface area (Å²) in [5.41, 5.74) is 6.34. The molecule has 2 rings (SSSR count). The van der Waals surface area contributed by atoms with Crippen LogP contribution in [0.2, 0.25) is 0 Å². The SMILES string of the molecule is CN(C=NCC(Cc1ccc(N)nc1)C(=O)O)CC(=O)N1CCCCC1. The zero-order chi connectivity index (χ0) is 18.9. The summed E-state index contributed by atoms with van der Waals surface area (Å²) < 4.78 is 0. The van der Waals surface area contributed by atoms with Gasteiger partial charge in [-0.2, -0.15) is 0 Å². The van der Waals surface area contributed by atoms with Gasteiger partial charge in [0.25, 0.3) is 0 Å². The van der Waals surface area contributed by atoms with Gasteiger partial charge >= 0.3 is 5.97 Å². The molecule has 3 N–H and O–H groups in total. The normalized spacial score (nSPS) is 15.8. The number of carboxylic acids is 1. The third-order valence-electron chi connectivity index (χ3n) is 4.38. The van der Waals surface area contributed by atoms with Crippen LogP contribution in [0.1, 0.15) is 24.8 Å². The van der Waals surface area contributed by atoms with Crippen molar-refractivity contribution >= 4 is 24.0 Å². The second-order valence-electron chi connectivity index (χ2n) is 6.67. The molecule has 0 bridgehead atoms. The van der Waals surface area contributed by atoms with Gasteiger partial charge in [0.05, 0.1) is 25.3 Å². The van der Waals surface area contributed by atoms with Gasteiger partial charge in [0, 0.05) is 26.3 Å². The second-order valence-corrected chi connectivity index (χ2v) is 6.67. The van der Waals surface area contributed by atoms with E-state index < -0.39 is 11.9 Å². The van der Waals surface area contributed by atoms with Crippen molar-refractivity contribution in [3.05, 3.63) is 23.9 Å². The van der Waals surface area contributed by atoms with Crippen LogP contribution < -0.4 is 5.73 Å². The zero-order valence-electron chi connectivity index (χ0n) is 15.2. The Kier molecular flexibility index (Phi) is 7.37. The predicted octanol–water partition coefficient (Wildman–Crippen LogP) is 0.880. The van der Waals surface area contributed by atoms with Crippen LogP contribution >= 0.6 is 0 Å². The van der Waals surface area contributed by atoms with Gasteiger partial charge in [-0.25, -0.2) is 4.98 Å². The highest BCUT2D eigenvalue weighted by atomic mass is 16.4. The molecule has 1 aromatic heterocycles. The van der Waals surface area contributed by atoms with E-state index in [1.165, 1.54) is 6.42 Å². The number of carboxylic acid groups (broad SMARTS) is 1. The zero-order valence-corrected chi connectivity index (χ0v) is 15.2. The van der Waals surface area contributed by atoms with E-state index in [0.717, 1.165) is 31.5 Å². The molecule has 1 saturated heterocycles. The van der Waals surface area contributed by atoms with Crippen molar-refractivity contribution in [2.24, 2.45) is 10.9 Å². The number of anilines is 1. The van der Waals surface area contributed by atoms with Crippen LogP contribution in [-0.4, -0.2) is 71.3 Å². The van der Waals surface area contributed by atoms with Crippen molar-refractivity contribution in [1.82, 2.24) is 14.8 Å². The van der Waals surface area contributed by atoms with Gasteiger partial charge in [-0.15, -0.1) is 0 Å². The quantitative estimate of drug-likeness (QED) is 0.525. The fourth-order valence-corrected chi connectivity index (χ4v) is 2.88. The summed E-state index contributed by atoms with van der Waals surface area (Å²) >= 11 is 0. The van der Waals surface area contributed by atoms with Gasteiger partial charge in [-0.3, -0.25) is 14.6 Å². The Bertz CT molecular complexity index is 626. The van der Waals surface area contributed by atoms with Gasteiger partial charge in [-0.05, 0) is 37.3 Å². The van der Waals surface area contributed by atoms with Crippen LogP contribution in [0, 0.1) is 5.92 Å². The summed E-state index contributed by atoms with van der Waals surface area (Å²) in [6.07, 6.45) is 6.75. The summed E-state index contributed by atoms with van der Waals surface area (Å²) in [4.78, 5) is 35.4. The number of aliphatic imine (C=N–C) groups is 1. The lowest BCUT2D eigenvalue weighted by Gasteiger charge is -2.28. The van der Waals surface area contributed by atoms with E-state index in [2.05, 4.69) is 9.98 Å². The molecule has 2 heterocycles. The third-order valence-corrected chi connectivity index (χ3v) is 4.38. The Balaban J connectivity index is 1.81. The maximum absolute atomic E-state index is 12.2. The highest BCUT2D eigenvalue weighted by molar-refractivity contribution is 5.80. The van der Waals surface area contributed by atoms with E-state index in [9.17, 15) is 14.7 Å². The number of amides is 1. The Hall–Kier alpha value is -2.64. The van der Waals surface area contributed by atoms with Gasteiger partial charge in [0.2, 0.25) is 5.91 Å². The highest BCUT2D eigenvalue weighted by Gasteiger charge is 2.19. The average Bonchev–Trinajstić information content (AvgIpc) is 2.63. The number of pyridine rings is 1. The fourth-order valence-electron chi connectivity index (χ4n) is 2.88. The van der Waals surface area contributed by atoms with Crippen LogP contribution in [0.25, 0.3) is 0 Å². The first-order valence-corrected chi connectivity index (χ1v) is 8.87. The number of nitrogens with two attached hydrogens (primary N) is 1. The van der Waals surface area contributed by atoms with Gasteiger partial charge in [0.15, 0.2) is 0 Å². The average molecular weight is 361 g/mol.